The molecule has 2 N–H and O–H groups in total. The minimum Gasteiger partial charge on any atom is -0.370 e. The number of nitrogens with zero attached hydrogens (tertiary/aromatic N) is 3. The molecule has 3 heterocycles. The molecule has 7 nitrogen and oxygen atoms in total. The standard InChI is InChI=1S/C27H32F3N5O2S/c28-18-15-22(32-24(16-18)35-13-9-27(29,30)10-14-35)25(36)33-21-4-3-20(38(31,37)19-1-2-19)17-23(21)34-11-7-26(5-6-26)8-12-34/h3-4,15-17,19,31H,1-2,5-14H2,(H,33,36). The Kier molecular flexibility index (Phi) is 6.12. The molecule has 0 bridgehead atoms. The van der Waals surface area contributed by atoms with Crippen LogP contribution in [0.4, 0.5) is 30.4 Å². The molecule has 1 spiro atoms. The van der Waals surface area contributed by atoms with Crippen LogP contribution in [0.5, 0.6) is 0 Å². The first-order chi connectivity index (χ1) is 18.0. The molecule has 204 valence electrons. The van der Waals surface area contributed by atoms with Crippen LogP contribution in [0.15, 0.2) is 35.2 Å². The van der Waals surface area contributed by atoms with Crippen molar-refractivity contribution in [3.63, 3.8) is 0 Å². The maximum atomic E-state index is 14.5. The largest absolute Gasteiger partial charge is 0.370 e. The molecule has 1 atom stereocenters. The van der Waals surface area contributed by atoms with Gasteiger partial charge in [-0.1, -0.05) is 0 Å². The zero-order valence-electron chi connectivity index (χ0n) is 21.1. The number of pyridine rings is 1. The van der Waals surface area contributed by atoms with Crippen molar-refractivity contribution in [3.8, 4) is 0 Å². The summed E-state index contributed by atoms with van der Waals surface area (Å²) in [6.07, 6.45) is 5.46. The zero-order valence-corrected chi connectivity index (χ0v) is 22.0. The number of aromatic nitrogens is 1. The number of piperidine rings is 2. The van der Waals surface area contributed by atoms with Gasteiger partial charge in [-0.15, -0.1) is 0 Å². The van der Waals surface area contributed by atoms with Crippen LogP contribution in [-0.4, -0.2) is 52.5 Å². The minimum atomic E-state index is -2.93. The van der Waals surface area contributed by atoms with Crippen LogP contribution in [0.3, 0.4) is 0 Å². The monoisotopic (exact) mass is 547 g/mol. The van der Waals surface area contributed by atoms with Gasteiger partial charge in [-0.25, -0.2) is 27.1 Å². The van der Waals surface area contributed by atoms with Gasteiger partial charge in [0.15, 0.2) is 0 Å². The third-order valence-electron chi connectivity index (χ3n) is 8.51. The van der Waals surface area contributed by atoms with Gasteiger partial charge in [-0.3, -0.25) is 4.79 Å². The molecule has 6 rings (SSSR count). The lowest BCUT2D eigenvalue weighted by atomic mass is 9.93. The van der Waals surface area contributed by atoms with E-state index in [1.165, 1.54) is 12.8 Å². The molecule has 2 aromatic rings. The van der Waals surface area contributed by atoms with Gasteiger partial charge in [0, 0.05) is 61.3 Å². The highest BCUT2D eigenvalue weighted by atomic mass is 32.2. The number of carbonyl (C=O) groups excluding carboxylic acids is 1. The molecule has 4 aliphatic rings. The van der Waals surface area contributed by atoms with Crippen LogP contribution in [0.2, 0.25) is 0 Å². The number of rotatable bonds is 6. The topological polar surface area (TPSA) is 89.4 Å². The number of halogens is 3. The van der Waals surface area contributed by atoms with Crippen LogP contribution in [0.1, 0.15) is 61.9 Å². The van der Waals surface area contributed by atoms with E-state index in [2.05, 4.69) is 15.2 Å². The van der Waals surface area contributed by atoms with Gasteiger partial charge in [0.1, 0.15) is 17.3 Å². The fraction of sp³-hybridized carbons (Fsp3) is 0.556. The molecule has 4 fully saturated rings. The van der Waals surface area contributed by atoms with E-state index >= 15 is 0 Å². The molecule has 11 heteroatoms. The molecule has 38 heavy (non-hydrogen) atoms. The molecule has 1 unspecified atom stereocenters. The van der Waals surface area contributed by atoms with Crippen molar-refractivity contribution in [2.45, 2.75) is 67.4 Å². The predicted octanol–water partition coefficient (Wildman–Crippen LogP) is 5.66. The van der Waals surface area contributed by atoms with E-state index < -0.39 is 27.4 Å². The first-order valence-corrected chi connectivity index (χ1v) is 14.9. The fourth-order valence-corrected chi connectivity index (χ4v) is 7.31. The Hall–Kier alpha value is -2.82. The number of amides is 1. The number of alkyl halides is 2. The number of benzene rings is 1. The summed E-state index contributed by atoms with van der Waals surface area (Å²) in [6, 6.07) is 7.27. The molecule has 2 aliphatic carbocycles. The van der Waals surface area contributed by atoms with Crippen LogP contribution in [0.25, 0.3) is 0 Å². The van der Waals surface area contributed by atoms with E-state index in [0.29, 0.717) is 21.7 Å². The number of hydrogen-bond acceptors (Lipinski definition) is 6. The summed E-state index contributed by atoms with van der Waals surface area (Å²) < 4.78 is 63.4. The van der Waals surface area contributed by atoms with Gasteiger partial charge in [-0.05, 0) is 62.1 Å². The number of carbonyl (C=O) groups is 1. The summed E-state index contributed by atoms with van der Waals surface area (Å²) in [7, 11) is -2.93. The lowest BCUT2D eigenvalue weighted by molar-refractivity contribution is -0.0221. The van der Waals surface area contributed by atoms with E-state index in [1.807, 2.05) is 0 Å². The van der Waals surface area contributed by atoms with E-state index in [4.69, 9.17) is 4.78 Å². The predicted molar refractivity (Wildman–Crippen MR) is 140 cm³/mol. The van der Waals surface area contributed by atoms with E-state index in [9.17, 15) is 22.2 Å². The SMILES string of the molecule is N=S(=O)(c1ccc(NC(=O)c2cc(F)cc(N3CCC(F)(F)CC3)n2)c(N2CCC3(CC2)CC3)c1)C1CC1. The maximum Gasteiger partial charge on any atom is 0.274 e. The van der Waals surface area contributed by atoms with Crippen LogP contribution in [0, 0.1) is 16.0 Å². The van der Waals surface area contributed by atoms with Crippen molar-refractivity contribution < 1.29 is 22.2 Å². The quantitative estimate of drug-likeness (QED) is 0.488. The molecule has 2 aliphatic heterocycles. The fourth-order valence-electron chi connectivity index (χ4n) is 5.57. The molecular weight excluding hydrogens is 515 g/mol. The van der Waals surface area contributed by atoms with Crippen LogP contribution in [-0.2, 0) is 9.73 Å². The first-order valence-electron chi connectivity index (χ1n) is 13.3. The zero-order chi connectivity index (χ0) is 26.7. The van der Waals surface area contributed by atoms with Crippen LogP contribution >= 0.6 is 0 Å². The summed E-state index contributed by atoms with van der Waals surface area (Å²) in [5.41, 5.74) is 1.49. The van der Waals surface area contributed by atoms with Gasteiger partial charge < -0.3 is 15.1 Å². The average Bonchev–Trinajstić information content (AvgIpc) is 3.81. The second-order valence-electron chi connectivity index (χ2n) is 11.3. The number of nitrogens with one attached hydrogen (secondary N) is 2. The Labute approximate surface area is 220 Å². The van der Waals surface area contributed by atoms with Crippen molar-refractivity contribution >= 4 is 32.8 Å². The van der Waals surface area contributed by atoms with E-state index in [1.54, 1.807) is 23.1 Å². The van der Waals surface area contributed by atoms with Crippen molar-refractivity contribution in [2.75, 3.05) is 41.3 Å². The Morgan fingerprint density at radius 3 is 2.26 bits per heavy atom. The Bertz CT molecular complexity index is 1350. The van der Waals surface area contributed by atoms with Gasteiger partial charge in [0.2, 0.25) is 0 Å². The molecule has 1 aromatic carbocycles. The van der Waals surface area contributed by atoms with Gasteiger partial charge in [-0.2, -0.15) is 0 Å². The second-order valence-corrected chi connectivity index (χ2v) is 13.6. The number of anilines is 3. The second kappa shape index (κ2) is 9.14. The summed E-state index contributed by atoms with van der Waals surface area (Å²) in [5.74, 6) is -3.88. The third-order valence-corrected chi connectivity index (χ3v) is 10.9. The highest BCUT2D eigenvalue weighted by Crippen LogP contribution is 2.54. The van der Waals surface area contributed by atoms with E-state index in [0.717, 1.165) is 50.9 Å². The minimum absolute atomic E-state index is 0.0277. The molecular formula is C27H32F3N5O2S. The normalized spacial score (nSPS) is 23.7. The van der Waals surface area contributed by atoms with Crippen molar-refractivity contribution in [3.05, 3.63) is 41.8 Å². The van der Waals surface area contributed by atoms with Crippen molar-refractivity contribution in [1.82, 2.24) is 4.98 Å². The number of hydrogen-bond donors (Lipinski definition) is 2. The summed E-state index contributed by atoms with van der Waals surface area (Å²) in [6.45, 7) is 1.66. The lowest BCUT2D eigenvalue weighted by Gasteiger charge is -2.35. The molecule has 0 radical (unpaired) electrons. The maximum absolute atomic E-state index is 14.5. The molecule has 1 amide bonds. The molecule has 2 saturated heterocycles. The summed E-state index contributed by atoms with van der Waals surface area (Å²) >= 11 is 0. The van der Waals surface area contributed by atoms with Crippen molar-refractivity contribution in [1.29, 1.82) is 4.78 Å². The molecule has 1 aromatic heterocycles. The smallest absolute Gasteiger partial charge is 0.274 e. The molecule has 2 saturated carbocycles. The van der Waals surface area contributed by atoms with E-state index in [-0.39, 0.29) is 42.7 Å². The Morgan fingerprint density at radius 1 is 0.974 bits per heavy atom. The Balaban J connectivity index is 1.27. The highest BCUT2D eigenvalue weighted by Gasteiger charge is 2.45. The Morgan fingerprint density at radius 2 is 1.63 bits per heavy atom. The lowest BCUT2D eigenvalue weighted by Crippen LogP contribution is -2.40. The van der Waals surface area contributed by atoms with Gasteiger partial charge >= 0.3 is 0 Å². The van der Waals surface area contributed by atoms with Gasteiger partial charge in [0.05, 0.1) is 21.1 Å². The van der Waals surface area contributed by atoms with Crippen molar-refractivity contribution in [2.24, 2.45) is 5.41 Å². The summed E-state index contributed by atoms with van der Waals surface area (Å²) in [5, 5.41) is 2.72. The summed E-state index contributed by atoms with van der Waals surface area (Å²) in [4.78, 5) is 21.8. The first kappa shape index (κ1) is 25.5. The van der Waals surface area contributed by atoms with Crippen LogP contribution < -0.4 is 15.1 Å². The third kappa shape index (κ3) is 5.09. The highest BCUT2D eigenvalue weighted by molar-refractivity contribution is 7.93. The average molecular weight is 548 g/mol. The van der Waals surface area contributed by atoms with Gasteiger partial charge in [0.25, 0.3) is 11.8 Å².